The molecule has 0 spiro atoms. The van der Waals surface area contributed by atoms with Crippen molar-refractivity contribution in [2.45, 2.75) is 38.3 Å². The van der Waals surface area contributed by atoms with E-state index in [2.05, 4.69) is 12.2 Å². The zero-order valence-electron chi connectivity index (χ0n) is 12.9. The van der Waals surface area contributed by atoms with Crippen LogP contribution in [0.5, 0.6) is 11.5 Å². The molecule has 1 saturated heterocycles. The van der Waals surface area contributed by atoms with Crippen molar-refractivity contribution in [1.29, 1.82) is 0 Å². The summed E-state index contributed by atoms with van der Waals surface area (Å²) in [5, 5.41) is 4.08. The molecule has 5 heteroatoms. The topological polar surface area (TPSA) is 39.7 Å². The molecule has 1 aromatic rings. The second kappa shape index (κ2) is 7.87. The third-order valence-electron chi connectivity index (χ3n) is 3.80. The van der Waals surface area contributed by atoms with Gasteiger partial charge in [0.05, 0.1) is 26.4 Å². The molecule has 1 N–H and O–H groups in total. The van der Waals surface area contributed by atoms with E-state index in [4.69, 9.17) is 25.8 Å². The van der Waals surface area contributed by atoms with E-state index in [1.54, 1.807) is 14.2 Å². The van der Waals surface area contributed by atoms with Crippen LogP contribution in [0.4, 0.5) is 0 Å². The average Bonchev–Trinajstić information content (AvgIpc) is 3.02. The molecule has 0 bridgehead atoms. The van der Waals surface area contributed by atoms with Crippen LogP contribution in [0.1, 0.15) is 37.8 Å². The van der Waals surface area contributed by atoms with Crippen LogP contribution in [0.3, 0.4) is 0 Å². The van der Waals surface area contributed by atoms with Crippen LogP contribution in [0.2, 0.25) is 5.02 Å². The van der Waals surface area contributed by atoms with Crippen molar-refractivity contribution >= 4 is 11.6 Å². The number of methoxy groups -OCH3 is 2. The lowest BCUT2D eigenvalue weighted by molar-refractivity contribution is 0.0774. The lowest BCUT2D eigenvalue weighted by Crippen LogP contribution is -2.32. The minimum absolute atomic E-state index is 0.0887. The molecule has 0 amide bonds. The van der Waals surface area contributed by atoms with Crippen LogP contribution in [0.25, 0.3) is 0 Å². The van der Waals surface area contributed by atoms with Crippen molar-refractivity contribution < 1.29 is 14.2 Å². The molecule has 0 saturated carbocycles. The second-order valence-electron chi connectivity index (χ2n) is 5.19. The van der Waals surface area contributed by atoms with E-state index in [9.17, 15) is 0 Å². The van der Waals surface area contributed by atoms with E-state index in [0.717, 1.165) is 38.0 Å². The SMILES string of the molecule is CCCNC(c1ccc(OC)c(Cl)c1OC)C1CCCO1. The van der Waals surface area contributed by atoms with Gasteiger partial charge in [0.25, 0.3) is 0 Å². The Morgan fingerprint density at radius 1 is 1.38 bits per heavy atom. The summed E-state index contributed by atoms with van der Waals surface area (Å²) in [6.07, 6.45) is 3.38. The van der Waals surface area contributed by atoms with Crippen LogP contribution >= 0.6 is 11.6 Å². The van der Waals surface area contributed by atoms with E-state index in [1.165, 1.54) is 0 Å². The molecule has 1 aromatic carbocycles. The number of halogens is 1. The number of ether oxygens (including phenoxy) is 3. The van der Waals surface area contributed by atoms with Crippen molar-refractivity contribution in [2.24, 2.45) is 0 Å². The molecule has 0 radical (unpaired) electrons. The van der Waals surface area contributed by atoms with Gasteiger partial charge in [-0.05, 0) is 37.9 Å². The predicted octanol–water partition coefficient (Wildman–Crippen LogP) is 3.58. The molecule has 1 heterocycles. The summed E-state index contributed by atoms with van der Waals surface area (Å²) in [6, 6.07) is 3.99. The van der Waals surface area contributed by atoms with Crippen molar-refractivity contribution in [3.05, 3.63) is 22.7 Å². The van der Waals surface area contributed by atoms with Gasteiger partial charge in [0, 0.05) is 12.2 Å². The monoisotopic (exact) mass is 313 g/mol. The smallest absolute Gasteiger partial charge is 0.146 e. The summed E-state index contributed by atoms with van der Waals surface area (Å²) in [5.74, 6) is 1.29. The Balaban J connectivity index is 2.35. The Morgan fingerprint density at radius 3 is 2.76 bits per heavy atom. The lowest BCUT2D eigenvalue weighted by atomic mass is 9.98. The van der Waals surface area contributed by atoms with Crippen LogP contribution < -0.4 is 14.8 Å². The third kappa shape index (κ3) is 3.62. The molecule has 4 nitrogen and oxygen atoms in total. The van der Waals surface area contributed by atoms with Gasteiger partial charge in [-0.15, -0.1) is 0 Å². The summed E-state index contributed by atoms with van der Waals surface area (Å²) in [4.78, 5) is 0. The van der Waals surface area contributed by atoms with E-state index >= 15 is 0 Å². The molecular weight excluding hydrogens is 290 g/mol. The minimum atomic E-state index is 0.0887. The Hall–Kier alpha value is -0.970. The van der Waals surface area contributed by atoms with Gasteiger partial charge in [0.15, 0.2) is 0 Å². The van der Waals surface area contributed by atoms with Crippen LogP contribution in [-0.2, 0) is 4.74 Å². The maximum atomic E-state index is 6.38. The molecule has 118 valence electrons. The zero-order chi connectivity index (χ0) is 15.2. The molecule has 21 heavy (non-hydrogen) atoms. The van der Waals surface area contributed by atoms with Crippen molar-refractivity contribution in [3.8, 4) is 11.5 Å². The first kappa shape index (κ1) is 16.4. The first-order valence-electron chi connectivity index (χ1n) is 7.48. The number of hydrogen-bond donors (Lipinski definition) is 1. The van der Waals surface area contributed by atoms with Gasteiger partial charge >= 0.3 is 0 Å². The van der Waals surface area contributed by atoms with E-state index in [-0.39, 0.29) is 12.1 Å². The Labute approximate surface area is 131 Å². The van der Waals surface area contributed by atoms with Gasteiger partial charge in [-0.25, -0.2) is 0 Å². The fourth-order valence-corrected chi connectivity index (χ4v) is 3.10. The summed E-state index contributed by atoms with van der Waals surface area (Å²) in [5.41, 5.74) is 1.03. The van der Waals surface area contributed by atoms with Gasteiger partial charge < -0.3 is 19.5 Å². The molecule has 0 aliphatic carbocycles. The van der Waals surface area contributed by atoms with Crippen LogP contribution in [-0.4, -0.2) is 33.5 Å². The van der Waals surface area contributed by atoms with Gasteiger partial charge in [0.2, 0.25) is 0 Å². The summed E-state index contributed by atoms with van der Waals surface area (Å²) >= 11 is 6.38. The van der Waals surface area contributed by atoms with Crippen LogP contribution in [0.15, 0.2) is 12.1 Å². The van der Waals surface area contributed by atoms with E-state index < -0.39 is 0 Å². The van der Waals surface area contributed by atoms with Crippen LogP contribution in [0, 0.1) is 0 Å². The molecule has 2 atom stereocenters. The quantitative estimate of drug-likeness (QED) is 0.835. The average molecular weight is 314 g/mol. The molecule has 2 rings (SSSR count). The Morgan fingerprint density at radius 2 is 2.19 bits per heavy atom. The highest BCUT2D eigenvalue weighted by molar-refractivity contribution is 6.33. The van der Waals surface area contributed by atoms with Gasteiger partial charge in [-0.3, -0.25) is 0 Å². The fourth-order valence-electron chi connectivity index (χ4n) is 2.77. The highest BCUT2D eigenvalue weighted by Gasteiger charge is 2.30. The Bertz CT molecular complexity index is 461. The number of benzene rings is 1. The predicted molar refractivity (Wildman–Crippen MR) is 84.6 cm³/mol. The van der Waals surface area contributed by atoms with Gasteiger partial charge in [-0.2, -0.15) is 0 Å². The normalized spacial score (nSPS) is 19.5. The molecule has 0 aromatic heterocycles. The summed E-state index contributed by atoms with van der Waals surface area (Å²) < 4.78 is 16.7. The molecule has 2 unspecified atom stereocenters. The first-order valence-corrected chi connectivity index (χ1v) is 7.86. The van der Waals surface area contributed by atoms with Crippen molar-refractivity contribution in [3.63, 3.8) is 0 Å². The van der Waals surface area contributed by atoms with Crippen molar-refractivity contribution in [1.82, 2.24) is 5.32 Å². The highest BCUT2D eigenvalue weighted by Crippen LogP contribution is 2.41. The standard InChI is InChI=1S/C16H24ClNO3/c1-4-9-18-15(13-6-5-10-21-13)11-7-8-12(19-2)14(17)16(11)20-3/h7-8,13,15,18H,4-6,9-10H2,1-3H3. The minimum Gasteiger partial charge on any atom is -0.495 e. The Kier molecular flexibility index (Phi) is 6.15. The maximum Gasteiger partial charge on any atom is 0.146 e. The third-order valence-corrected chi connectivity index (χ3v) is 4.16. The fraction of sp³-hybridized carbons (Fsp3) is 0.625. The van der Waals surface area contributed by atoms with E-state index in [0.29, 0.717) is 16.5 Å². The van der Waals surface area contributed by atoms with Crippen molar-refractivity contribution in [2.75, 3.05) is 27.4 Å². The maximum absolute atomic E-state index is 6.38. The highest BCUT2D eigenvalue weighted by atomic mass is 35.5. The van der Waals surface area contributed by atoms with Gasteiger partial charge in [-0.1, -0.05) is 18.5 Å². The largest absolute Gasteiger partial charge is 0.495 e. The molecule has 1 fully saturated rings. The summed E-state index contributed by atoms with van der Waals surface area (Å²) in [6.45, 7) is 3.90. The molecule has 1 aliphatic rings. The lowest BCUT2D eigenvalue weighted by Gasteiger charge is -2.27. The summed E-state index contributed by atoms with van der Waals surface area (Å²) in [7, 11) is 3.24. The van der Waals surface area contributed by atoms with Gasteiger partial charge in [0.1, 0.15) is 16.5 Å². The number of nitrogens with one attached hydrogen (secondary N) is 1. The number of rotatable bonds is 7. The number of hydrogen-bond acceptors (Lipinski definition) is 4. The molecule has 1 aliphatic heterocycles. The second-order valence-corrected chi connectivity index (χ2v) is 5.57. The zero-order valence-corrected chi connectivity index (χ0v) is 13.7. The molecular formula is C16H24ClNO3. The van der Waals surface area contributed by atoms with E-state index in [1.807, 2.05) is 12.1 Å². The first-order chi connectivity index (χ1) is 10.2.